The van der Waals surface area contributed by atoms with Gasteiger partial charge in [0.05, 0.1) is 5.41 Å². The Kier molecular flexibility index (Phi) is 8.24. The zero-order chi connectivity index (χ0) is 40.3. The van der Waals surface area contributed by atoms with Gasteiger partial charge in [0.15, 0.2) is 0 Å². The molecule has 0 N–H and O–H groups in total. The van der Waals surface area contributed by atoms with Gasteiger partial charge in [0, 0.05) is 34.1 Å². The molecule has 0 saturated heterocycles. The molecule has 3 aliphatic rings. The third kappa shape index (κ3) is 5.71. The van der Waals surface area contributed by atoms with Crippen molar-refractivity contribution < 1.29 is 4.74 Å². The monoisotopic (exact) mass is 779 g/mol. The third-order valence-corrected chi connectivity index (χ3v) is 13.1. The Bertz CT molecular complexity index is 3000. The minimum atomic E-state index is -0.472. The quantitative estimate of drug-likeness (QED) is 0.167. The topological polar surface area (TPSA) is 12.5 Å². The Morgan fingerprint density at radius 3 is 1.54 bits per heavy atom. The summed E-state index contributed by atoms with van der Waals surface area (Å²) in [4.78, 5) is 2.38. The molecule has 0 bridgehead atoms. The number of para-hydroxylation sites is 2. The van der Waals surface area contributed by atoms with Gasteiger partial charge in [-0.1, -0.05) is 182 Å². The molecule has 1 atom stereocenters. The Balaban J connectivity index is 0.919. The van der Waals surface area contributed by atoms with Crippen molar-refractivity contribution in [2.45, 2.75) is 17.8 Å². The number of nitrogens with zero attached hydrogens (tertiary/aromatic N) is 1. The van der Waals surface area contributed by atoms with Gasteiger partial charge in [-0.25, -0.2) is 0 Å². The van der Waals surface area contributed by atoms with E-state index in [-0.39, 0.29) is 5.92 Å². The number of benzene rings is 9. The highest BCUT2D eigenvalue weighted by Crippen LogP contribution is 2.62. The van der Waals surface area contributed by atoms with Gasteiger partial charge in [-0.2, -0.15) is 0 Å². The average molecular weight is 780 g/mol. The molecule has 1 heterocycles. The van der Waals surface area contributed by atoms with E-state index in [1.807, 2.05) is 0 Å². The van der Waals surface area contributed by atoms with Crippen LogP contribution in [0.3, 0.4) is 0 Å². The first-order valence-corrected chi connectivity index (χ1v) is 21.3. The summed E-state index contributed by atoms with van der Waals surface area (Å²) in [5.41, 5.74) is 19.3. The molecular formula is C59H41NO. The fraction of sp³-hybridized carbons (Fsp3) is 0.0508. The second-order valence-corrected chi connectivity index (χ2v) is 16.4. The SMILES string of the molecule is C1=CC(c2ccc3c(c2)C2(c4ccccc4Oc4ccccc42)c2ccccc2-3)Cc2ccc(N(c3ccc(-c4ccccc4)cc3)c3ccc(-c4ccccc4)cc3)cc21. The molecule has 0 fully saturated rings. The van der Waals surface area contributed by atoms with Crippen molar-refractivity contribution in [3.63, 3.8) is 0 Å². The standard InChI is InChI=1S/C59H41NO/c1-3-13-40(14-4-1)42-25-31-48(32-26-42)60(49-33-27-43(28-34-49)41-15-5-2-6-16-41)50-35-29-45-37-44(23-24-46(45)38-50)47-30-36-52-51-17-7-8-18-53(51)59(56(52)39-47)54-19-9-11-21-57(54)61-58-22-12-10-20-55(58)59/h1-36,38-39,44H,37H2. The smallest absolute Gasteiger partial charge is 0.132 e. The van der Waals surface area contributed by atoms with Gasteiger partial charge in [0.2, 0.25) is 0 Å². The van der Waals surface area contributed by atoms with Crippen LogP contribution in [0.2, 0.25) is 0 Å². The van der Waals surface area contributed by atoms with Crippen molar-refractivity contribution in [1.82, 2.24) is 0 Å². The molecule has 1 aliphatic heterocycles. The maximum absolute atomic E-state index is 6.60. The fourth-order valence-electron chi connectivity index (χ4n) is 10.2. The predicted molar refractivity (Wildman–Crippen MR) is 251 cm³/mol. The first kappa shape index (κ1) is 35.3. The first-order valence-electron chi connectivity index (χ1n) is 21.3. The van der Waals surface area contributed by atoms with Gasteiger partial charge in [-0.15, -0.1) is 0 Å². The molecule has 2 aliphatic carbocycles. The van der Waals surface area contributed by atoms with Gasteiger partial charge >= 0.3 is 0 Å². The van der Waals surface area contributed by atoms with Crippen molar-refractivity contribution in [2.75, 3.05) is 4.90 Å². The van der Waals surface area contributed by atoms with Gasteiger partial charge in [0.25, 0.3) is 0 Å². The Hall–Kier alpha value is -7.68. The molecule has 2 nitrogen and oxygen atoms in total. The van der Waals surface area contributed by atoms with E-state index in [1.165, 1.54) is 72.3 Å². The lowest BCUT2D eigenvalue weighted by Crippen LogP contribution is -2.32. The van der Waals surface area contributed by atoms with Crippen LogP contribution in [0.5, 0.6) is 11.5 Å². The molecule has 61 heavy (non-hydrogen) atoms. The van der Waals surface area contributed by atoms with Crippen molar-refractivity contribution in [3.8, 4) is 44.9 Å². The second-order valence-electron chi connectivity index (χ2n) is 16.4. The highest BCUT2D eigenvalue weighted by molar-refractivity contribution is 5.89. The van der Waals surface area contributed by atoms with Crippen molar-refractivity contribution in [2.24, 2.45) is 0 Å². The molecule has 0 aromatic heterocycles. The van der Waals surface area contributed by atoms with E-state index in [9.17, 15) is 0 Å². The molecule has 9 aromatic carbocycles. The lowest BCUT2D eigenvalue weighted by atomic mass is 9.65. The van der Waals surface area contributed by atoms with Crippen molar-refractivity contribution in [3.05, 3.63) is 263 Å². The molecule has 0 radical (unpaired) electrons. The molecule has 12 rings (SSSR count). The van der Waals surface area contributed by atoms with Crippen molar-refractivity contribution in [1.29, 1.82) is 0 Å². The van der Waals surface area contributed by atoms with E-state index in [4.69, 9.17) is 4.74 Å². The summed E-state index contributed by atoms with van der Waals surface area (Å²) in [5, 5.41) is 0. The molecule has 0 saturated carbocycles. The minimum Gasteiger partial charge on any atom is -0.457 e. The lowest BCUT2D eigenvalue weighted by molar-refractivity contribution is 0.436. The summed E-state index contributed by atoms with van der Waals surface area (Å²) in [6.45, 7) is 0. The summed E-state index contributed by atoms with van der Waals surface area (Å²) in [5.74, 6) is 2.08. The van der Waals surface area contributed by atoms with Gasteiger partial charge in [0.1, 0.15) is 11.5 Å². The second kappa shape index (κ2) is 14.3. The summed E-state index contributed by atoms with van der Waals surface area (Å²) in [6.07, 6.45) is 5.69. The van der Waals surface area contributed by atoms with Crippen molar-refractivity contribution >= 4 is 23.1 Å². The number of fused-ring (bicyclic) bond motifs is 10. The molecular weight excluding hydrogens is 739 g/mol. The lowest BCUT2D eigenvalue weighted by Gasteiger charge is -2.39. The molecule has 1 unspecified atom stereocenters. The van der Waals surface area contributed by atoms with Crippen LogP contribution < -0.4 is 9.64 Å². The summed E-state index contributed by atoms with van der Waals surface area (Å²) >= 11 is 0. The van der Waals surface area contributed by atoms with Crippen LogP contribution in [0.15, 0.2) is 224 Å². The van der Waals surface area contributed by atoms with E-state index in [0.717, 1.165) is 35.0 Å². The van der Waals surface area contributed by atoms with Crippen LogP contribution in [0, 0.1) is 0 Å². The molecule has 2 heteroatoms. The van der Waals surface area contributed by atoms with E-state index in [2.05, 4.69) is 235 Å². The molecule has 0 amide bonds. The zero-order valence-corrected chi connectivity index (χ0v) is 33.6. The minimum absolute atomic E-state index is 0.238. The van der Waals surface area contributed by atoms with Crippen LogP contribution >= 0.6 is 0 Å². The number of hydrogen-bond donors (Lipinski definition) is 0. The molecule has 288 valence electrons. The maximum atomic E-state index is 6.60. The summed E-state index contributed by atoms with van der Waals surface area (Å²) < 4.78 is 6.60. The largest absolute Gasteiger partial charge is 0.457 e. The normalized spacial score (nSPS) is 14.9. The van der Waals surface area contributed by atoms with E-state index < -0.39 is 5.41 Å². The zero-order valence-electron chi connectivity index (χ0n) is 33.6. The van der Waals surface area contributed by atoms with Crippen LogP contribution in [0.25, 0.3) is 39.5 Å². The number of ether oxygens (including phenoxy) is 1. The Morgan fingerprint density at radius 2 is 0.918 bits per heavy atom. The number of allylic oxidation sites excluding steroid dienone is 1. The number of hydrogen-bond acceptors (Lipinski definition) is 2. The maximum Gasteiger partial charge on any atom is 0.132 e. The van der Waals surface area contributed by atoms with E-state index in [0.29, 0.717) is 0 Å². The average Bonchev–Trinajstić information content (AvgIpc) is 3.62. The fourth-order valence-corrected chi connectivity index (χ4v) is 10.2. The summed E-state index contributed by atoms with van der Waals surface area (Å²) in [6, 6.07) is 79.5. The highest BCUT2D eigenvalue weighted by atomic mass is 16.5. The van der Waals surface area contributed by atoms with Crippen LogP contribution in [0.4, 0.5) is 17.1 Å². The Morgan fingerprint density at radius 1 is 0.410 bits per heavy atom. The predicted octanol–water partition coefficient (Wildman–Crippen LogP) is 15.3. The van der Waals surface area contributed by atoms with E-state index in [1.54, 1.807) is 0 Å². The highest BCUT2D eigenvalue weighted by Gasteiger charge is 2.51. The molecule has 1 spiro atoms. The van der Waals surface area contributed by atoms with Crippen LogP contribution in [-0.4, -0.2) is 0 Å². The molecule has 9 aromatic rings. The van der Waals surface area contributed by atoms with Gasteiger partial charge < -0.3 is 9.64 Å². The number of anilines is 3. The number of rotatable bonds is 6. The van der Waals surface area contributed by atoms with Crippen LogP contribution in [0.1, 0.15) is 44.9 Å². The Labute approximate surface area is 357 Å². The first-order chi connectivity index (χ1) is 30.2. The third-order valence-electron chi connectivity index (χ3n) is 13.1. The van der Waals surface area contributed by atoms with Crippen LogP contribution in [-0.2, 0) is 11.8 Å². The van der Waals surface area contributed by atoms with E-state index >= 15 is 0 Å². The summed E-state index contributed by atoms with van der Waals surface area (Å²) in [7, 11) is 0. The van der Waals surface area contributed by atoms with Gasteiger partial charge in [-0.05, 0) is 116 Å². The van der Waals surface area contributed by atoms with Gasteiger partial charge in [-0.3, -0.25) is 0 Å².